The van der Waals surface area contributed by atoms with E-state index < -0.39 is 0 Å². The number of aromatic hydroxyl groups is 1. The third-order valence-corrected chi connectivity index (χ3v) is 2.75. The molecule has 0 bridgehead atoms. The third kappa shape index (κ3) is 3.10. The van der Waals surface area contributed by atoms with Gasteiger partial charge in [0, 0.05) is 5.25 Å². The first-order valence-electron chi connectivity index (χ1n) is 4.08. The topological polar surface area (TPSA) is 66.0 Å². The maximum absolute atomic E-state index is 10.9. The number of aromatic amines is 1. The summed E-state index contributed by atoms with van der Waals surface area (Å²) in [6.07, 6.45) is 0.990. The van der Waals surface area contributed by atoms with Crippen LogP contribution in [0.1, 0.15) is 20.3 Å². The van der Waals surface area contributed by atoms with Crippen molar-refractivity contribution in [2.45, 2.75) is 30.7 Å². The van der Waals surface area contributed by atoms with Gasteiger partial charge in [-0.05, 0) is 6.42 Å². The Kier molecular flexibility index (Phi) is 3.36. The van der Waals surface area contributed by atoms with Crippen LogP contribution in [0.2, 0.25) is 0 Å². The minimum atomic E-state index is -0.321. The average molecular weight is 200 g/mol. The van der Waals surface area contributed by atoms with Crippen molar-refractivity contribution < 1.29 is 5.11 Å². The second kappa shape index (κ2) is 4.32. The molecule has 0 saturated heterocycles. The zero-order valence-electron chi connectivity index (χ0n) is 7.57. The van der Waals surface area contributed by atoms with E-state index in [-0.39, 0.29) is 11.4 Å². The summed E-state index contributed by atoms with van der Waals surface area (Å²) in [5.41, 5.74) is -0.321. The quantitative estimate of drug-likeness (QED) is 0.571. The molecule has 0 aromatic carbocycles. The van der Waals surface area contributed by atoms with Crippen LogP contribution in [-0.2, 0) is 0 Å². The Morgan fingerprint density at radius 2 is 2.46 bits per heavy atom. The maximum Gasteiger partial charge on any atom is 0.255 e. The van der Waals surface area contributed by atoms with E-state index in [9.17, 15) is 4.79 Å². The highest BCUT2D eigenvalue weighted by molar-refractivity contribution is 7.99. The second-order valence-corrected chi connectivity index (χ2v) is 4.17. The Bertz CT molecular complexity index is 337. The van der Waals surface area contributed by atoms with Crippen molar-refractivity contribution in [3.63, 3.8) is 0 Å². The van der Waals surface area contributed by atoms with Crippen LogP contribution in [0, 0.1) is 0 Å². The van der Waals surface area contributed by atoms with E-state index in [1.165, 1.54) is 11.8 Å². The van der Waals surface area contributed by atoms with Gasteiger partial charge >= 0.3 is 0 Å². The first kappa shape index (κ1) is 10.1. The predicted molar refractivity (Wildman–Crippen MR) is 52.1 cm³/mol. The van der Waals surface area contributed by atoms with Gasteiger partial charge in [-0.2, -0.15) is 4.98 Å². The highest BCUT2D eigenvalue weighted by Crippen LogP contribution is 2.21. The van der Waals surface area contributed by atoms with Crippen LogP contribution in [0.3, 0.4) is 0 Å². The summed E-state index contributed by atoms with van der Waals surface area (Å²) < 4.78 is 0. The molecule has 0 fully saturated rings. The molecule has 1 aromatic rings. The zero-order chi connectivity index (χ0) is 9.84. The van der Waals surface area contributed by atoms with Crippen LogP contribution in [0.4, 0.5) is 0 Å². The summed E-state index contributed by atoms with van der Waals surface area (Å²) in [4.78, 5) is 17.2. The first-order valence-corrected chi connectivity index (χ1v) is 4.96. The molecular weight excluding hydrogens is 188 g/mol. The van der Waals surface area contributed by atoms with E-state index in [0.717, 1.165) is 12.5 Å². The lowest BCUT2D eigenvalue weighted by Crippen LogP contribution is -2.07. The lowest BCUT2D eigenvalue weighted by Gasteiger charge is -2.05. The summed E-state index contributed by atoms with van der Waals surface area (Å²) in [6.45, 7) is 4.09. The van der Waals surface area contributed by atoms with E-state index >= 15 is 0 Å². The van der Waals surface area contributed by atoms with E-state index in [4.69, 9.17) is 5.11 Å². The maximum atomic E-state index is 10.9. The lowest BCUT2D eigenvalue weighted by atomic mass is 10.4. The fourth-order valence-electron chi connectivity index (χ4n) is 0.753. The summed E-state index contributed by atoms with van der Waals surface area (Å²) >= 11 is 1.45. The molecule has 1 rings (SSSR count). The van der Waals surface area contributed by atoms with Gasteiger partial charge in [0.05, 0.1) is 6.07 Å². The van der Waals surface area contributed by atoms with Crippen LogP contribution in [0.15, 0.2) is 16.0 Å². The number of hydrogen-bond acceptors (Lipinski definition) is 4. The van der Waals surface area contributed by atoms with E-state index in [2.05, 4.69) is 16.9 Å². The predicted octanol–water partition coefficient (Wildman–Crippen LogP) is 1.37. The lowest BCUT2D eigenvalue weighted by molar-refractivity contribution is 0.444. The number of hydrogen-bond donors (Lipinski definition) is 2. The number of thioether (sulfide) groups is 1. The number of nitrogens with zero attached hydrogens (tertiary/aromatic N) is 1. The molecule has 72 valence electrons. The molecule has 0 aliphatic carbocycles. The van der Waals surface area contributed by atoms with Crippen molar-refractivity contribution in [2.24, 2.45) is 0 Å². The summed E-state index contributed by atoms with van der Waals surface area (Å²) in [5, 5.41) is 9.89. The molecule has 0 saturated carbocycles. The molecule has 0 spiro atoms. The van der Waals surface area contributed by atoms with E-state index in [1.807, 2.05) is 6.92 Å². The molecule has 0 aliphatic heterocycles. The van der Waals surface area contributed by atoms with Crippen molar-refractivity contribution in [2.75, 3.05) is 0 Å². The minimum absolute atomic E-state index is 0.227. The summed E-state index contributed by atoms with van der Waals surface area (Å²) in [6, 6.07) is 1.06. The zero-order valence-corrected chi connectivity index (χ0v) is 8.39. The molecule has 1 atom stereocenters. The van der Waals surface area contributed by atoms with Crippen LogP contribution < -0.4 is 5.56 Å². The van der Waals surface area contributed by atoms with Crippen LogP contribution in [0.5, 0.6) is 5.88 Å². The Hall–Kier alpha value is -0.970. The molecule has 4 nitrogen and oxygen atoms in total. The van der Waals surface area contributed by atoms with Crippen LogP contribution >= 0.6 is 11.8 Å². The Labute approximate surface area is 80.4 Å². The van der Waals surface area contributed by atoms with Crippen LogP contribution in [0.25, 0.3) is 0 Å². The molecule has 0 amide bonds. The number of aromatic nitrogens is 2. The van der Waals surface area contributed by atoms with Crippen molar-refractivity contribution in [3.05, 3.63) is 16.4 Å². The number of H-pyrrole nitrogens is 1. The number of nitrogens with one attached hydrogen (secondary N) is 1. The SMILES string of the molecule is CC[C@H](C)Sc1nc(O)cc(=O)[nH]1. The molecule has 2 N–H and O–H groups in total. The van der Waals surface area contributed by atoms with Crippen molar-refractivity contribution in [1.29, 1.82) is 0 Å². The number of rotatable bonds is 3. The van der Waals surface area contributed by atoms with E-state index in [1.54, 1.807) is 0 Å². The van der Waals surface area contributed by atoms with Crippen molar-refractivity contribution in [1.82, 2.24) is 9.97 Å². The fraction of sp³-hybridized carbons (Fsp3) is 0.500. The van der Waals surface area contributed by atoms with Gasteiger partial charge in [-0.3, -0.25) is 4.79 Å². The van der Waals surface area contributed by atoms with Gasteiger partial charge in [0.15, 0.2) is 5.16 Å². The monoisotopic (exact) mass is 200 g/mol. The third-order valence-electron chi connectivity index (χ3n) is 1.59. The molecule has 13 heavy (non-hydrogen) atoms. The highest BCUT2D eigenvalue weighted by Gasteiger charge is 2.05. The molecule has 0 aliphatic rings. The standard InChI is InChI=1S/C8H12N2O2S/c1-3-5(2)13-8-9-6(11)4-7(12)10-8/h4-5H,3H2,1-2H3,(H2,9,10,11,12)/t5-/m0/s1. The molecular formula is C8H12N2O2S. The smallest absolute Gasteiger partial charge is 0.255 e. The summed E-state index contributed by atoms with van der Waals surface area (Å²) in [7, 11) is 0. The van der Waals surface area contributed by atoms with Gasteiger partial charge in [0.1, 0.15) is 0 Å². The largest absolute Gasteiger partial charge is 0.493 e. The average Bonchev–Trinajstić information content (AvgIpc) is 2.02. The van der Waals surface area contributed by atoms with Gasteiger partial charge in [-0.15, -0.1) is 0 Å². The molecule has 0 unspecified atom stereocenters. The summed E-state index contributed by atoms with van der Waals surface area (Å²) in [5.74, 6) is -0.227. The van der Waals surface area contributed by atoms with E-state index in [0.29, 0.717) is 10.4 Å². The second-order valence-electron chi connectivity index (χ2n) is 2.75. The van der Waals surface area contributed by atoms with Crippen LogP contribution in [-0.4, -0.2) is 20.3 Å². The molecule has 0 radical (unpaired) electrons. The van der Waals surface area contributed by atoms with Gasteiger partial charge in [-0.25, -0.2) is 0 Å². The molecule has 1 aromatic heterocycles. The highest BCUT2D eigenvalue weighted by atomic mass is 32.2. The Morgan fingerprint density at radius 1 is 1.77 bits per heavy atom. The van der Waals surface area contributed by atoms with Gasteiger partial charge in [-0.1, -0.05) is 25.6 Å². The van der Waals surface area contributed by atoms with Gasteiger partial charge in [0.25, 0.3) is 5.56 Å². The van der Waals surface area contributed by atoms with Crippen molar-refractivity contribution >= 4 is 11.8 Å². The Morgan fingerprint density at radius 3 is 3.00 bits per heavy atom. The Balaban J connectivity index is 2.83. The van der Waals surface area contributed by atoms with Crippen molar-refractivity contribution in [3.8, 4) is 5.88 Å². The van der Waals surface area contributed by atoms with Gasteiger partial charge < -0.3 is 10.1 Å². The molecule has 5 heteroatoms. The fourth-order valence-corrected chi connectivity index (χ4v) is 1.61. The first-order chi connectivity index (χ1) is 6.11. The van der Waals surface area contributed by atoms with Gasteiger partial charge in [0.2, 0.25) is 5.88 Å². The minimum Gasteiger partial charge on any atom is -0.493 e. The molecule has 1 heterocycles. The normalized spacial score (nSPS) is 12.8.